The minimum atomic E-state index is -0.0377. The van der Waals surface area contributed by atoms with Crippen molar-refractivity contribution < 1.29 is 19.7 Å². The van der Waals surface area contributed by atoms with E-state index in [0.717, 1.165) is 5.56 Å². The number of benzene rings is 1. The number of nitrogens with one attached hydrogen (secondary N) is 2. The number of hydrogen-bond acceptors (Lipinski definition) is 10. The monoisotopic (exact) mass is 402 g/mol. The number of hydroxylamine groups is 1. The van der Waals surface area contributed by atoms with Gasteiger partial charge in [0.05, 0.1) is 38.2 Å². The zero-order chi connectivity index (χ0) is 20.5. The second-order valence-corrected chi connectivity index (χ2v) is 6.05. The summed E-state index contributed by atoms with van der Waals surface area (Å²) in [5.74, 6) is 0.422. The average molecular weight is 402 g/mol. The van der Waals surface area contributed by atoms with Gasteiger partial charge in [-0.15, -0.1) is 5.10 Å². The van der Waals surface area contributed by atoms with E-state index < -0.39 is 0 Å². The Kier molecular flexibility index (Phi) is 7.22. The van der Waals surface area contributed by atoms with Gasteiger partial charge in [0.2, 0.25) is 5.82 Å². The molecule has 12 heteroatoms. The van der Waals surface area contributed by atoms with Crippen molar-refractivity contribution in [2.75, 3.05) is 25.1 Å². The predicted octanol–water partition coefficient (Wildman–Crippen LogP) is 0.648. The van der Waals surface area contributed by atoms with Gasteiger partial charge in [-0.25, -0.2) is 9.62 Å². The molecular formula is C17H22N8O4. The van der Waals surface area contributed by atoms with Gasteiger partial charge in [0.15, 0.2) is 11.5 Å². The lowest BCUT2D eigenvalue weighted by Gasteiger charge is -2.06. The van der Waals surface area contributed by atoms with E-state index in [0.29, 0.717) is 30.3 Å². The lowest BCUT2D eigenvalue weighted by molar-refractivity contribution is 0.0796. The minimum Gasteiger partial charge on any atom is -0.394 e. The Balaban J connectivity index is 1.59. The third-order valence-corrected chi connectivity index (χ3v) is 3.80. The number of anilines is 1. The number of amidine groups is 1. The van der Waals surface area contributed by atoms with E-state index in [2.05, 4.69) is 30.9 Å². The van der Waals surface area contributed by atoms with E-state index in [-0.39, 0.29) is 31.4 Å². The summed E-state index contributed by atoms with van der Waals surface area (Å²) in [4.78, 5) is 4.32. The van der Waals surface area contributed by atoms with Gasteiger partial charge in [0.25, 0.3) is 0 Å². The van der Waals surface area contributed by atoms with Crippen LogP contribution in [0.3, 0.4) is 0 Å². The van der Waals surface area contributed by atoms with E-state index in [4.69, 9.17) is 14.5 Å². The van der Waals surface area contributed by atoms with Crippen molar-refractivity contribution in [1.82, 2.24) is 30.8 Å². The number of aliphatic hydroxyl groups excluding tert-OH is 1. The van der Waals surface area contributed by atoms with Crippen LogP contribution in [0.4, 0.5) is 11.5 Å². The van der Waals surface area contributed by atoms with Crippen LogP contribution in [0.5, 0.6) is 0 Å². The van der Waals surface area contributed by atoms with Crippen molar-refractivity contribution in [3.05, 3.63) is 47.4 Å². The molecule has 29 heavy (non-hydrogen) atoms. The molecule has 0 spiro atoms. The Morgan fingerprint density at radius 2 is 2.10 bits per heavy atom. The summed E-state index contributed by atoms with van der Waals surface area (Å²) in [7, 11) is 0. The van der Waals surface area contributed by atoms with Crippen LogP contribution in [0.15, 0.2) is 40.1 Å². The van der Waals surface area contributed by atoms with Gasteiger partial charge < -0.3 is 15.2 Å². The average Bonchev–Trinajstić information content (AvgIpc) is 3.38. The summed E-state index contributed by atoms with van der Waals surface area (Å²) < 4.78 is 11.6. The molecule has 0 saturated carbocycles. The molecule has 0 aliphatic rings. The fraction of sp³-hybridized carbons (Fsp3) is 0.353. The summed E-state index contributed by atoms with van der Waals surface area (Å²) in [5, 5.41) is 36.8. The Bertz CT molecular complexity index is 922. The van der Waals surface area contributed by atoms with Gasteiger partial charge in [-0.3, -0.25) is 15.4 Å². The highest BCUT2D eigenvalue weighted by Gasteiger charge is 2.16. The molecule has 3 aromatic rings. The fourth-order valence-electron chi connectivity index (χ4n) is 2.38. The van der Waals surface area contributed by atoms with Crippen LogP contribution in [-0.4, -0.2) is 61.2 Å². The second-order valence-electron chi connectivity index (χ2n) is 6.05. The van der Waals surface area contributed by atoms with E-state index in [9.17, 15) is 5.21 Å². The van der Waals surface area contributed by atoms with E-state index in [1.165, 1.54) is 0 Å². The van der Waals surface area contributed by atoms with Crippen LogP contribution in [-0.2, 0) is 17.9 Å². The number of rotatable bonds is 10. The van der Waals surface area contributed by atoms with Crippen molar-refractivity contribution in [2.45, 2.75) is 20.1 Å². The molecular weight excluding hydrogens is 380 g/mol. The maximum Gasteiger partial charge on any atom is 0.202 e. The number of aliphatic imine (C=N–C) groups is 1. The fourth-order valence-corrected chi connectivity index (χ4v) is 2.38. The van der Waals surface area contributed by atoms with Gasteiger partial charge in [-0.1, -0.05) is 22.9 Å². The Hall–Kier alpha value is -3.35. The van der Waals surface area contributed by atoms with Crippen molar-refractivity contribution >= 4 is 17.3 Å². The van der Waals surface area contributed by atoms with Crippen LogP contribution in [0, 0.1) is 6.92 Å². The number of aryl methyl sites for hydroxylation is 1. The van der Waals surface area contributed by atoms with Crippen molar-refractivity contribution in [1.29, 1.82) is 0 Å². The number of nitrogens with zero attached hydrogens (tertiary/aromatic N) is 6. The molecule has 4 N–H and O–H groups in total. The lowest BCUT2D eigenvalue weighted by Crippen LogP contribution is -2.22. The van der Waals surface area contributed by atoms with Gasteiger partial charge >= 0.3 is 0 Å². The molecule has 3 rings (SSSR count). The van der Waals surface area contributed by atoms with Crippen LogP contribution < -0.4 is 10.8 Å². The first-order chi connectivity index (χ1) is 14.2. The largest absolute Gasteiger partial charge is 0.394 e. The topological polar surface area (TPSA) is 156 Å². The number of ether oxygens (including phenoxy) is 1. The van der Waals surface area contributed by atoms with Gasteiger partial charge in [0, 0.05) is 6.54 Å². The first-order valence-electron chi connectivity index (χ1n) is 8.89. The molecule has 0 saturated heterocycles. The molecule has 0 amide bonds. The minimum absolute atomic E-state index is 0.0377. The van der Waals surface area contributed by atoms with Gasteiger partial charge in [-0.05, 0) is 29.4 Å². The summed E-state index contributed by atoms with van der Waals surface area (Å²) >= 11 is 0. The van der Waals surface area contributed by atoms with E-state index in [1.54, 1.807) is 10.9 Å². The maximum atomic E-state index is 9.47. The molecule has 154 valence electrons. The number of hydrogen-bond donors (Lipinski definition) is 4. The third-order valence-electron chi connectivity index (χ3n) is 3.80. The zero-order valence-electron chi connectivity index (χ0n) is 15.8. The first kappa shape index (κ1) is 20.4. The Labute approximate surface area is 166 Å². The molecule has 0 unspecified atom stereocenters. The zero-order valence-corrected chi connectivity index (χ0v) is 15.8. The van der Waals surface area contributed by atoms with Crippen molar-refractivity contribution in [3.8, 4) is 0 Å². The van der Waals surface area contributed by atoms with E-state index >= 15 is 0 Å². The molecule has 2 heterocycles. The number of aliphatic hydroxyl groups is 1. The molecule has 0 fully saturated rings. The Morgan fingerprint density at radius 1 is 1.28 bits per heavy atom. The van der Waals surface area contributed by atoms with Crippen LogP contribution in [0.25, 0.3) is 0 Å². The highest BCUT2D eigenvalue weighted by atomic mass is 16.6. The van der Waals surface area contributed by atoms with E-state index in [1.807, 2.05) is 36.7 Å². The molecule has 12 nitrogen and oxygen atoms in total. The van der Waals surface area contributed by atoms with Crippen LogP contribution in [0.1, 0.15) is 17.0 Å². The highest BCUT2D eigenvalue weighted by Crippen LogP contribution is 2.16. The SMILES string of the molecule is Cc1ccc(N=C(NO)c2nonc2NCCn2cc(COCCO)nn2)cc1. The molecule has 0 aliphatic carbocycles. The predicted molar refractivity (Wildman–Crippen MR) is 102 cm³/mol. The first-order valence-corrected chi connectivity index (χ1v) is 8.89. The second kappa shape index (κ2) is 10.3. The summed E-state index contributed by atoms with van der Waals surface area (Å²) in [6.45, 7) is 3.42. The summed E-state index contributed by atoms with van der Waals surface area (Å²) in [6.07, 6.45) is 1.75. The third kappa shape index (κ3) is 5.81. The van der Waals surface area contributed by atoms with Crippen molar-refractivity contribution in [2.24, 2.45) is 4.99 Å². The van der Waals surface area contributed by atoms with Gasteiger partial charge in [-0.2, -0.15) is 0 Å². The van der Waals surface area contributed by atoms with Gasteiger partial charge in [0.1, 0.15) is 5.69 Å². The molecule has 1 aromatic carbocycles. The molecule has 0 aliphatic heterocycles. The molecule has 0 bridgehead atoms. The smallest absolute Gasteiger partial charge is 0.202 e. The quantitative estimate of drug-likeness (QED) is 0.164. The lowest BCUT2D eigenvalue weighted by atomic mass is 10.2. The van der Waals surface area contributed by atoms with Crippen LogP contribution in [0.2, 0.25) is 0 Å². The summed E-state index contributed by atoms with van der Waals surface area (Å²) in [6, 6.07) is 7.46. The maximum absolute atomic E-state index is 9.47. The number of aromatic nitrogens is 5. The molecule has 0 radical (unpaired) electrons. The Morgan fingerprint density at radius 3 is 2.86 bits per heavy atom. The molecule has 2 aromatic heterocycles. The summed E-state index contributed by atoms with van der Waals surface area (Å²) in [5.41, 5.74) is 4.68. The normalized spacial score (nSPS) is 11.6. The van der Waals surface area contributed by atoms with Crippen LogP contribution >= 0.6 is 0 Å². The van der Waals surface area contributed by atoms with Crippen molar-refractivity contribution in [3.63, 3.8) is 0 Å². The highest BCUT2D eigenvalue weighted by molar-refractivity contribution is 6.01. The molecule has 0 atom stereocenters. The standard InChI is InChI=1S/C17H22N8O4/c1-12-2-4-13(5-3-12)19-17(21-27)15-16(23-29-22-15)18-6-7-25-10-14(20-24-25)11-28-9-8-26/h2-5,10,26-27H,6-9,11H2,1H3,(H,18,23)(H,19,21).